The zero-order chi connectivity index (χ0) is 16.8. The van der Waals surface area contributed by atoms with Crippen molar-refractivity contribution in [3.63, 3.8) is 0 Å². The lowest BCUT2D eigenvalue weighted by Gasteiger charge is -2.30. The Morgan fingerprint density at radius 3 is 2.70 bits per heavy atom. The first kappa shape index (κ1) is 15.9. The van der Waals surface area contributed by atoms with E-state index >= 15 is 0 Å². The Hall–Kier alpha value is -1.93. The average molecular weight is 352 g/mol. The van der Waals surface area contributed by atoms with Crippen molar-refractivity contribution >= 4 is 33.0 Å². The molecule has 0 saturated carbocycles. The quantitative estimate of drug-likeness (QED) is 0.917. The molecule has 6 nitrogen and oxygen atoms in total. The Kier molecular flexibility index (Phi) is 3.89. The van der Waals surface area contributed by atoms with E-state index in [2.05, 4.69) is 4.98 Å². The van der Waals surface area contributed by atoms with Gasteiger partial charge in [0.05, 0.1) is 22.0 Å². The fourth-order valence-corrected chi connectivity index (χ4v) is 5.92. The molecule has 0 spiro atoms. The highest BCUT2D eigenvalue weighted by atomic mass is 32.2. The fraction of sp³-hybridized carbons (Fsp3) is 0.333. The highest BCUT2D eigenvalue weighted by Crippen LogP contribution is 2.35. The summed E-state index contributed by atoms with van der Waals surface area (Å²) in [5, 5.41) is 9.80. The van der Waals surface area contributed by atoms with Gasteiger partial charge in [-0.25, -0.2) is 18.2 Å². The molecule has 3 rings (SSSR count). The van der Waals surface area contributed by atoms with Gasteiger partial charge in [-0.1, -0.05) is 0 Å². The molecular formula is C15H16N2O4S2. The number of carbonyl (C=O) groups is 1. The Labute approximate surface area is 138 Å². The molecule has 0 atom stereocenters. The van der Waals surface area contributed by atoms with Crippen LogP contribution in [-0.2, 0) is 16.4 Å². The molecule has 122 valence electrons. The van der Waals surface area contributed by atoms with E-state index < -0.39 is 16.0 Å². The van der Waals surface area contributed by atoms with Gasteiger partial charge >= 0.3 is 5.97 Å². The van der Waals surface area contributed by atoms with Gasteiger partial charge in [-0.05, 0) is 50.5 Å². The first-order valence-electron chi connectivity index (χ1n) is 7.13. The van der Waals surface area contributed by atoms with Crippen molar-refractivity contribution < 1.29 is 18.3 Å². The summed E-state index contributed by atoms with van der Waals surface area (Å²) in [5.41, 5.74) is 1.99. The molecule has 0 amide bonds. The van der Waals surface area contributed by atoms with E-state index in [-0.39, 0.29) is 9.77 Å². The lowest BCUT2D eigenvalue weighted by Crippen LogP contribution is -2.35. The van der Waals surface area contributed by atoms with Gasteiger partial charge in [0, 0.05) is 6.54 Å². The lowest BCUT2D eigenvalue weighted by molar-refractivity contribution is 0.0696. The van der Waals surface area contributed by atoms with E-state index in [1.54, 1.807) is 26.0 Å². The number of sulfonamides is 1. The first-order valence-corrected chi connectivity index (χ1v) is 9.39. The average Bonchev–Trinajstić information content (AvgIpc) is 2.85. The summed E-state index contributed by atoms with van der Waals surface area (Å²) in [5.74, 6) is -1.01. The molecule has 0 bridgehead atoms. The van der Waals surface area contributed by atoms with Gasteiger partial charge in [-0.3, -0.25) is 4.31 Å². The molecule has 1 aromatic heterocycles. The van der Waals surface area contributed by atoms with E-state index in [1.165, 1.54) is 10.4 Å². The third-order valence-electron chi connectivity index (χ3n) is 3.79. The number of anilines is 1. The smallest absolute Gasteiger partial charge is 0.335 e. The molecule has 0 radical (unpaired) electrons. The van der Waals surface area contributed by atoms with Gasteiger partial charge in [0.15, 0.2) is 4.21 Å². The van der Waals surface area contributed by atoms with Crippen molar-refractivity contribution in [2.75, 3.05) is 10.8 Å². The molecule has 2 heterocycles. The lowest BCUT2D eigenvalue weighted by atomic mass is 10.0. The number of carboxylic acids is 1. The second-order valence-corrected chi connectivity index (χ2v) is 8.70. The van der Waals surface area contributed by atoms with Crippen LogP contribution < -0.4 is 4.31 Å². The minimum atomic E-state index is -3.68. The Morgan fingerprint density at radius 2 is 2.09 bits per heavy atom. The zero-order valence-electron chi connectivity index (χ0n) is 12.7. The summed E-state index contributed by atoms with van der Waals surface area (Å²) < 4.78 is 27.6. The Bertz CT molecular complexity index is 887. The molecule has 0 aliphatic carbocycles. The molecule has 23 heavy (non-hydrogen) atoms. The van der Waals surface area contributed by atoms with E-state index in [1.807, 2.05) is 0 Å². The van der Waals surface area contributed by atoms with Crippen molar-refractivity contribution in [1.29, 1.82) is 0 Å². The number of thiazole rings is 1. The summed E-state index contributed by atoms with van der Waals surface area (Å²) in [6.45, 7) is 3.85. The number of aromatic carboxylic acids is 1. The molecule has 1 N–H and O–H groups in total. The van der Waals surface area contributed by atoms with Crippen LogP contribution in [0, 0.1) is 13.8 Å². The number of rotatable bonds is 3. The Balaban J connectivity index is 2.09. The van der Waals surface area contributed by atoms with Crippen LogP contribution in [0.5, 0.6) is 0 Å². The van der Waals surface area contributed by atoms with Crippen LogP contribution in [0.3, 0.4) is 0 Å². The minimum absolute atomic E-state index is 0.174. The monoisotopic (exact) mass is 352 g/mol. The number of nitrogens with zero attached hydrogens (tertiary/aromatic N) is 2. The number of benzene rings is 1. The second kappa shape index (κ2) is 5.61. The standard InChI is InChI=1S/C15H16N2O4S2/c1-9-15(22-10(2)16-9)23(20,21)17-7-3-4-11-8-12(14(18)19)5-6-13(11)17/h5-6,8H,3-4,7H2,1-2H3,(H,18,19). The minimum Gasteiger partial charge on any atom is -0.478 e. The summed E-state index contributed by atoms with van der Waals surface area (Å²) in [4.78, 5) is 15.3. The van der Waals surface area contributed by atoms with Gasteiger partial charge in [0.25, 0.3) is 10.0 Å². The maximum atomic E-state index is 13.0. The van der Waals surface area contributed by atoms with Gasteiger partial charge in [0.1, 0.15) is 0 Å². The molecule has 1 aromatic carbocycles. The van der Waals surface area contributed by atoms with Crippen molar-refractivity contribution in [2.45, 2.75) is 30.9 Å². The normalized spacial score (nSPS) is 14.6. The van der Waals surface area contributed by atoms with Crippen LogP contribution in [0.25, 0.3) is 0 Å². The van der Waals surface area contributed by atoms with Gasteiger partial charge in [-0.15, -0.1) is 11.3 Å². The predicted molar refractivity (Wildman–Crippen MR) is 87.8 cm³/mol. The van der Waals surface area contributed by atoms with E-state index in [9.17, 15) is 13.2 Å². The number of hydrogen-bond donors (Lipinski definition) is 1. The van der Waals surface area contributed by atoms with Crippen molar-refractivity contribution in [3.05, 3.63) is 40.0 Å². The van der Waals surface area contributed by atoms with Crippen molar-refractivity contribution in [3.8, 4) is 0 Å². The van der Waals surface area contributed by atoms with Crippen LogP contribution in [-0.4, -0.2) is 31.0 Å². The summed E-state index contributed by atoms with van der Waals surface area (Å²) in [6, 6.07) is 4.59. The number of aryl methyl sites for hydroxylation is 3. The van der Waals surface area contributed by atoms with E-state index in [0.717, 1.165) is 16.9 Å². The fourth-order valence-electron chi connectivity index (χ4n) is 2.80. The number of hydrogen-bond acceptors (Lipinski definition) is 5. The summed E-state index contributed by atoms with van der Waals surface area (Å²) >= 11 is 1.16. The van der Waals surface area contributed by atoms with Crippen LogP contribution in [0.2, 0.25) is 0 Å². The van der Waals surface area contributed by atoms with Gasteiger partial charge in [0.2, 0.25) is 0 Å². The molecule has 2 aromatic rings. The molecule has 0 saturated heterocycles. The van der Waals surface area contributed by atoms with E-state index in [0.29, 0.717) is 35.8 Å². The molecule has 0 unspecified atom stereocenters. The van der Waals surface area contributed by atoms with Gasteiger partial charge in [-0.2, -0.15) is 0 Å². The van der Waals surface area contributed by atoms with Crippen LogP contribution in [0.1, 0.15) is 33.0 Å². The van der Waals surface area contributed by atoms with E-state index in [4.69, 9.17) is 5.11 Å². The summed E-state index contributed by atoms with van der Waals surface area (Å²) in [7, 11) is -3.68. The highest BCUT2D eigenvalue weighted by molar-refractivity contribution is 7.94. The van der Waals surface area contributed by atoms with Crippen molar-refractivity contribution in [2.24, 2.45) is 0 Å². The van der Waals surface area contributed by atoms with Crippen LogP contribution >= 0.6 is 11.3 Å². The first-order chi connectivity index (χ1) is 10.8. The molecule has 1 aliphatic heterocycles. The third kappa shape index (κ3) is 2.72. The predicted octanol–water partition coefficient (Wildman–Crippen LogP) is 2.60. The Morgan fingerprint density at radius 1 is 1.35 bits per heavy atom. The second-order valence-electron chi connectivity index (χ2n) is 5.44. The van der Waals surface area contributed by atoms with Crippen LogP contribution in [0.15, 0.2) is 22.4 Å². The molecule has 1 aliphatic rings. The highest BCUT2D eigenvalue weighted by Gasteiger charge is 2.32. The van der Waals surface area contributed by atoms with Gasteiger partial charge < -0.3 is 5.11 Å². The summed E-state index contributed by atoms with van der Waals surface area (Å²) in [6.07, 6.45) is 1.33. The topological polar surface area (TPSA) is 87.6 Å². The maximum absolute atomic E-state index is 13.0. The molecule has 0 fully saturated rings. The zero-order valence-corrected chi connectivity index (χ0v) is 14.4. The number of aromatic nitrogens is 1. The van der Waals surface area contributed by atoms with Crippen molar-refractivity contribution in [1.82, 2.24) is 4.98 Å². The largest absolute Gasteiger partial charge is 0.478 e. The SMILES string of the molecule is Cc1nc(C)c(S(=O)(=O)N2CCCc3cc(C(=O)O)ccc32)s1. The van der Waals surface area contributed by atoms with Crippen LogP contribution in [0.4, 0.5) is 5.69 Å². The molecular weight excluding hydrogens is 336 g/mol. The molecule has 8 heteroatoms. The number of carboxylic acid groups (broad SMARTS) is 1. The number of fused-ring (bicyclic) bond motifs is 1. The third-order valence-corrected chi connectivity index (χ3v) is 7.26. The maximum Gasteiger partial charge on any atom is 0.335 e.